The van der Waals surface area contributed by atoms with Crippen molar-refractivity contribution in [2.45, 2.75) is 57.5 Å². The van der Waals surface area contributed by atoms with E-state index in [0.29, 0.717) is 6.42 Å². The molecule has 0 aliphatic heterocycles. The maximum atomic E-state index is 12.2. The number of hydrogen-bond acceptors (Lipinski definition) is 5. The van der Waals surface area contributed by atoms with E-state index in [1.165, 1.54) is 24.8 Å². The van der Waals surface area contributed by atoms with Crippen LogP contribution in [0.2, 0.25) is 0 Å². The van der Waals surface area contributed by atoms with Gasteiger partial charge in [0, 0.05) is 17.4 Å². The molecule has 0 bridgehead atoms. The van der Waals surface area contributed by atoms with Crippen LogP contribution in [0.15, 0.2) is 78.9 Å². The monoisotopic (exact) mass is 524 g/mol. The number of carbonyl (C=O) groups is 1. The van der Waals surface area contributed by atoms with Gasteiger partial charge in [-0.3, -0.25) is 4.79 Å². The van der Waals surface area contributed by atoms with Crippen LogP contribution < -0.4 is 14.2 Å². The Bertz CT molecular complexity index is 1390. The van der Waals surface area contributed by atoms with E-state index in [1.807, 2.05) is 54.6 Å². The van der Waals surface area contributed by atoms with Gasteiger partial charge in [-0.05, 0) is 104 Å². The Morgan fingerprint density at radius 2 is 1.46 bits per heavy atom. The molecule has 0 atom stereocenters. The van der Waals surface area contributed by atoms with Gasteiger partial charge in [-0.25, -0.2) is 0 Å². The largest absolute Gasteiger partial charge is 0.497 e. The highest BCUT2D eigenvalue weighted by molar-refractivity contribution is 5.96. The summed E-state index contributed by atoms with van der Waals surface area (Å²) in [7, 11) is 3.34. The Balaban J connectivity index is 1.30. The molecule has 0 N–H and O–H groups in total. The number of esters is 1. The van der Waals surface area contributed by atoms with Crippen LogP contribution in [0.1, 0.15) is 50.5 Å². The van der Waals surface area contributed by atoms with E-state index in [1.54, 1.807) is 14.2 Å². The van der Waals surface area contributed by atoms with Crippen LogP contribution >= 0.6 is 0 Å². The van der Waals surface area contributed by atoms with Gasteiger partial charge in [0.15, 0.2) is 0 Å². The predicted octanol–water partition coefficient (Wildman–Crippen LogP) is 8.51. The van der Waals surface area contributed by atoms with Crippen LogP contribution in [-0.2, 0) is 16.0 Å². The van der Waals surface area contributed by atoms with Crippen LogP contribution in [0.5, 0.6) is 23.0 Å². The van der Waals surface area contributed by atoms with Gasteiger partial charge in [0.25, 0.3) is 0 Å². The van der Waals surface area contributed by atoms with E-state index in [0.717, 1.165) is 70.6 Å². The summed E-state index contributed by atoms with van der Waals surface area (Å²) in [6.45, 7) is 0. The smallest absolute Gasteiger partial charge is 0.306 e. The summed E-state index contributed by atoms with van der Waals surface area (Å²) in [4.78, 5) is 12.2. The Labute approximate surface area is 230 Å². The first-order valence-corrected chi connectivity index (χ1v) is 13.8. The topological polar surface area (TPSA) is 54.0 Å². The number of ether oxygens (including phenoxy) is 4. The van der Waals surface area contributed by atoms with Crippen molar-refractivity contribution in [1.82, 2.24) is 0 Å². The van der Waals surface area contributed by atoms with Crippen LogP contribution in [-0.4, -0.2) is 26.3 Å². The molecule has 5 nitrogen and oxygen atoms in total. The molecule has 0 saturated heterocycles. The lowest BCUT2D eigenvalue weighted by atomic mass is 9.98. The Morgan fingerprint density at radius 3 is 2.18 bits per heavy atom. The van der Waals surface area contributed by atoms with Crippen molar-refractivity contribution in [3.05, 3.63) is 84.4 Å². The summed E-state index contributed by atoms with van der Waals surface area (Å²) in [5.41, 5.74) is 3.21. The zero-order valence-electron chi connectivity index (χ0n) is 22.8. The van der Waals surface area contributed by atoms with Crippen molar-refractivity contribution >= 4 is 16.7 Å². The van der Waals surface area contributed by atoms with Gasteiger partial charge in [-0.1, -0.05) is 36.8 Å². The van der Waals surface area contributed by atoms with Crippen molar-refractivity contribution in [2.75, 3.05) is 14.2 Å². The number of aryl methyl sites for hydroxylation is 1. The average molecular weight is 525 g/mol. The molecule has 4 aromatic rings. The fourth-order valence-corrected chi connectivity index (χ4v) is 5.22. The summed E-state index contributed by atoms with van der Waals surface area (Å²) in [5.74, 6) is 3.09. The molecule has 202 valence electrons. The van der Waals surface area contributed by atoms with E-state index in [2.05, 4.69) is 24.3 Å². The third kappa shape index (κ3) is 6.72. The van der Waals surface area contributed by atoms with Gasteiger partial charge in [0.2, 0.25) is 0 Å². The summed E-state index contributed by atoms with van der Waals surface area (Å²) in [5, 5.41) is 2.04. The maximum absolute atomic E-state index is 12.2. The highest BCUT2D eigenvalue weighted by Crippen LogP contribution is 2.41. The normalized spacial score (nSPS) is 13.7. The van der Waals surface area contributed by atoms with E-state index in [-0.39, 0.29) is 12.1 Å². The lowest BCUT2D eigenvalue weighted by molar-refractivity contribution is -0.150. The second kappa shape index (κ2) is 12.7. The zero-order valence-corrected chi connectivity index (χ0v) is 22.8. The minimum atomic E-state index is -0.0690. The molecule has 0 aromatic heterocycles. The van der Waals surface area contributed by atoms with Crippen molar-refractivity contribution in [3.8, 4) is 34.1 Å². The van der Waals surface area contributed by atoms with E-state index >= 15 is 0 Å². The summed E-state index contributed by atoms with van der Waals surface area (Å²) in [6, 6.07) is 26.3. The van der Waals surface area contributed by atoms with E-state index < -0.39 is 0 Å². The summed E-state index contributed by atoms with van der Waals surface area (Å²) < 4.78 is 23.0. The molecule has 5 heteroatoms. The first-order valence-electron chi connectivity index (χ1n) is 13.8. The Hall–Kier alpha value is -3.99. The van der Waals surface area contributed by atoms with Crippen LogP contribution in [0.4, 0.5) is 0 Å². The second-order valence-corrected chi connectivity index (χ2v) is 10.1. The fraction of sp³-hybridized carbons (Fsp3) is 0.324. The average Bonchev–Trinajstić information content (AvgIpc) is 2.98. The van der Waals surface area contributed by atoms with Gasteiger partial charge in [0.05, 0.1) is 14.2 Å². The Kier molecular flexibility index (Phi) is 8.67. The lowest BCUT2D eigenvalue weighted by Gasteiger charge is -2.21. The number of benzene rings is 4. The first-order chi connectivity index (χ1) is 19.1. The molecule has 1 aliphatic rings. The lowest BCUT2D eigenvalue weighted by Crippen LogP contribution is -2.20. The highest BCUT2D eigenvalue weighted by Gasteiger charge is 2.17. The SMILES string of the molecule is COc1ccc(-c2ccc3cc(OC)ccc3c2Oc2ccc(CCCC(=O)OC3CCCCC3)cc2)cc1. The van der Waals surface area contributed by atoms with Crippen molar-refractivity contribution in [1.29, 1.82) is 0 Å². The summed E-state index contributed by atoms with van der Waals surface area (Å²) >= 11 is 0. The van der Waals surface area contributed by atoms with Gasteiger partial charge < -0.3 is 18.9 Å². The second-order valence-electron chi connectivity index (χ2n) is 10.1. The fourth-order valence-electron chi connectivity index (χ4n) is 5.22. The van der Waals surface area contributed by atoms with Crippen molar-refractivity contribution in [2.24, 2.45) is 0 Å². The molecule has 0 heterocycles. The van der Waals surface area contributed by atoms with Crippen LogP contribution in [0, 0.1) is 0 Å². The third-order valence-corrected chi connectivity index (χ3v) is 7.42. The molecule has 0 radical (unpaired) electrons. The molecule has 0 amide bonds. The molecule has 4 aromatic carbocycles. The van der Waals surface area contributed by atoms with Crippen molar-refractivity contribution < 1.29 is 23.7 Å². The van der Waals surface area contributed by atoms with Gasteiger partial charge in [0.1, 0.15) is 29.1 Å². The maximum Gasteiger partial charge on any atom is 0.306 e. The van der Waals surface area contributed by atoms with E-state index in [4.69, 9.17) is 18.9 Å². The number of rotatable bonds is 10. The van der Waals surface area contributed by atoms with Gasteiger partial charge in [-0.15, -0.1) is 0 Å². The highest BCUT2D eigenvalue weighted by atomic mass is 16.5. The molecule has 0 spiro atoms. The number of carbonyl (C=O) groups excluding carboxylic acids is 1. The third-order valence-electron chi connectivity index (χ3n) is 7.42. The quantitative estimate of drug-likeness (QED) is 0.195. The predicted molar refractivity (Wildman–Crippen MR) is 155 cm³/mol. The standard InChI is InChI=1S/C34H36O5/c1-36-27-18-13-25(14-19-27)31-21-15-26-23-30(37-2)20-22-32(26)34(31)39-29-16-11-24(12-17-29)7-6-10-33(35)38-28-8-4-3-5-9-28/h11-23,28H,3-10H2,1-2H3. The molecular weight excluding hydrogens is 488 g/mol. The molecule has 1 aliphatic carbocycles. The van der Waals surface area contributed by atoms with Crippen molar-refractivity contribution in [3.63, 3.8) is 0 Å². The minimum Gasteiger partial charge on any atom is -0.497 e. The number of fused-ring (bicyclic) bond motifs is 1. The number of hydrogen-bond donors (Lipinski definition) is 0. The van der Waals surface area contributed by atoms with Crippen LogP contribution in [0.25, 0.3) is 21.9 Å². The van der Waals surface area contributed by atoms with E-state index in [9.17, 15) is 4.79 Å². The molecule has 39 heavy (non-hydrogen) atoms. The van der Waals surface area contributed by atoms with Gasteiger partial charge >= 0.3 is 5.97 Å². The number of methoxy groups -OCH3 is 2. The molecule has 1 fully saturated rings. The molecule has 0 unspecified atom stereocenters. The summed E-state index contributed by atoms with van der Waals surface area (Å²) in [6.07, 6.45) is 7.80. The van der Waals surface area contributed by atoms with Gasteiger partial charge in [-0.2, -0.15) is 0 Å². The zero-order chi connectivity index (χ0) is 27.0. The molecule has 1 saturated carbocycles. The van der Waals surface area contributed by atoms with Crippen LogP contribution in [0.3, 0.4) is 0 Å². The first kappa shape index (κ1) is 26.6. The molecular formula is C34H36O5. The Morgan fingerprint density at radius 1 is 0.769 bits per heavy atom. The molecule has 5 rings (SSSR count). The minimum absolute atomic E-state index is 0.0690.